The van der Waals surface area contributed by atoms with Gasteiger partial charge in [0, 0.05) is 37.9 Å². The molecule has 0 aliphatic carbocycles. The number of carbonyl (C=O) groups excluding carboxylic acids is 1. The third-order valence-electron chi connectivity index (χ3n) is 2.62. The van der Waals surface area contributed by atoms with Gasteiger partial charge in [-0.2, -0.15) is 0 Å². The van der Waals surface area contributed by atoms with Crippen LogP contribution in [0, 0.1) is 6.92 Å². The molecule has 1 rings (SSSR count). The summed E-state index contributed by atoms with van der Waals surface area (Å²) in [4.78, 5) is 11.8. The minimum atomic E-state index is -0.169. The first-order valence-corrected chi connectivity index (χ1v) is 5.93. The van der Waals surface area contributed by atoms with Crippen molar-refractivity contribution in [2.24, 2.45) is 0 Å². The summed E-state index contributed by atoms with van der Waals surface area (Å²) in [7, 11) is 1.65. The van der Waals surface area contributed by atoms with Crippen LogP contribution in [0.4, 0.5) is 0 Å². The summed E-state index contributed by atoms with van der Waals surface area (Å²) < 4.78 is 4.89. The first-order chi connectivity index (χ1) is 8.66. The van der Waals surface area contributed by atoms with E-state index in [0.29, 0.717) is 30.8 Å². The Kier molecular flexibility index (Phi) is 6.18. The normalized spacial score (nSPS) is 10.3. The lowest BCUT2D eigenvalue weighted by atomic mass is 10.1. The Morgan fingerprint density at radius 2 is 2.11 bits per heavy atom. The molecule has 0 spiro atoms. The number of benzene rings is 1. The quantitative estimate of drug-likeness (QED) is 0.624. The van der Waals surface area contributed by atoms with Crippen molar-refractivity contribution in [2.75, 3.05) is 33.4 Å². The average Bonchev–Trinajstić information content (AvgIpc) is 2.36. The highest BCUT2D eigenvalue weighted by molar-refractivity contribution is 5.96. The van der Waals surface area contributed by atoms with E-state index in [1.165, 1.54) is 0 Å². The summed E-state index contributed by atoms with van der Waals surface area (Å²) >= 11 is 0. The largest absolute Gasteiger partial charge is 0.508 e. The van der Waals surface area contributed by atoms with Crippen molar-refractivity contribution in [1.29, 1.82) is 0 Å². The summed E-state index contributed by atoms with van der Waals surface area (Å²) in [6.07, 6.45) is 0. The van der Waals surface area contributed by atoms with Crippen molar-refractivity contribution in [3.8, 4) is 5.75 Å². The van der Waals surface area contributed by atoms with E-state index in [2.05, 4.69) is 10.6 Å². The minimum Gasteiger partial charge on any atom is -0.508 e. The fraction of sp³-hybridized carbons (Fsp3) is 0.462. The number of phenolic OH excluding ortho intramolecular Hbond substituents is 1. The van der Waals surface area contributed by atoms with Crippen molar-refractivity contribution >= 4 is 5.91 Å². The Hall–Kier alpha value is -1.59. The summed E-state index contributed by atoms with van der Waals surface area (Å²) in [5.74, 6) is -0.0298. The third kappa shape index (κ3) is 4.35. The molecule has 1 aromatic rings. The smallest absolute Gasteiger partial charge is 0.251 e. The third-order valence-corrected chi connectivity index (χ3v) is 2.62. The van der Waals surface area contributed by atoms with E-state index in [1.807, 2.05) is 0 Å². The molecule has 0 saturated heterocycles. The second-order valence-electron chi connectivity index (χ2n) is 3.95. The van der Waals surface area contributed by atoms with Crippen molar-refractivity contribution in [3.05, 3.63) is 29.3 Å². The summed E-state index contributed by atoms with van der Waals surface area (Å²) in [6, 6.07) is 4.93. The van der Waals surface area contributed by atoms with Gasteiger partial charge in [-0.1, -0.05) is 6.07 Å². The number of rotatable bonds is 7. The molecule has 100 valence electrons. The first-order valence-electron chi connectivity index (χ1n) is 5.93. The van der Waals surface area contributed by atoms with Crippen LogP contribution < -0.4 is 10.6 Å². The molecule has 3 N–H and O–H groups in total. The van der Waals surface area contributed by atoms with Gasteiger partial charge < -0.3 is 20.5 Å². The molecule has 0 bridgehead atoms. The van der Waals surface area contributed by atoms with E-state index in [9.17, 15) is 9.90 Å². The number of amides is 1. The van der Waals surface area contributed by atoms with E-state index < -0.39 is 0 Å². The molecule has 5 heteroatoms. The number of nitrogens with one attached hydrogen (secondary N) is 2. The van der Waals surface area contributed by atoms with Crippen molar-refractivity contribution in [1.82, 2.24) is 10.6 Å². The van der Waals surface area contributed by atoms with Gasteiger partial charge in [-0.25, -0.2) is 0 Å². The lowest BCUT2D eigenvalue weighted by Crippen LogP contribution is -2.33. The predicted molar refractivity (Wildman–Crippen MR) is 69.9 cm³/mol. The van der Waals surface area contributed by atoms with E-state index in [0.717, 1.165) is 6.54 Å². The highest BCUT2D eigenvalue weighted by atomic mass is 16.5. The van der Waals surface area contributed by atoms with Gasteiger partial charge >= 0.3 is 0 Å². The van der Waals surface area contributed by atoms with Crippen LogP contribution in [0.15, 0.2) is 18.2 Å². The number of aromatic hydroxyl groups is 1. The first kappa shape index (κ1) is 14.5. The zero-order valence-electron chi connectivity index (χ0n) is 10.8. The number of methoxy groups -OCH3 is 1. The molecule has 0 atom stereocenters. The second-order valence-corrected chi connectivity index (χ2v) is 3.95. The summed E-state index contributed by atoms with van der Waals surface area (Å²) in [6.45, 7) is 4.36. The molecule has 0 aliphatic rings. The predicted octanol–water partition coefficient (Wildman–Crippen LogP) is 0.666. The molecule has 0 radical (unpaired) electrons. The van der Waals surface area contributed by atoms with Gasteiger partial charge in [0.15, 0.2) is 0 Å². The molecular weight excluding hydrogens is 232 g/mol. The van der Waals surface area contributed by atoms with Crippen molar-refractivity contribution < 1.29 is 14.6 Å². The standard InChI is InChI=1S/C13H20N2O3/c1-10-11(4-3-5-12(10)16)13(17)15-7-6-14-8-9-18-2/h3-5,14,16H,6-9H2,1-2H3,(H,15,17). The molecule has 0 saturated carbocycles. The molecule has 18 heavy (non-hydrogen) atoms. The van der Waals surface area contributed by atoms with Crippen molar-refractivity contribution in [3.63, 3.8) is 0 Å². The van der Waals surface area contributed by atoms with E-state index >= 15 is 0 Å². The second kappa shape index (κ2) is 7.68. The van der Waals surface area contributed by atoms with Gasteiger partial charge in [0.25, 0.3) is 5.91 Å². The Bertz CT molecular complexity index is 394. The number of ether oxygens (including phenoxy) is 1. The van der Waals surface area contributed by atoms with Crippen LogP contribution in [0.5, 0.6) is 5.75 Å². The van der Waals surface area contributed by atoms with Crippen LogP contribution in [0.25, 0.3) is 0 Å². The van der Waals surface area contributed by atoms with Crippen LogP contribution in [-0.4, -0.2) is 44.4 Å². The lowest BCUT2D eigenvalue weighted by Gasteiger charge is -2.09. The molecule has 0 aliphatic heterocycles. The molecule has 0 fully saturated rings. The highest BCUT2D eigenvalue weighted by Crippen LogP contribution is 2.19. The van der Waals surface area contributed by atoms with Crippen LogP contribution in [0.1, 0.15) is 15.9 Å². The number of phenols is 1. The van der Waals surface area contributed by atoms with Gasteiger partial charge in [-0.05, 0) is 19.1 Å². The van der Waals surface area contributed by atoms with Crippen LogP contribution >= 0.6 is 0 Å². The van der Waals surface area contributed by atoms with E-state index in [-0.39, 0.29) is 11.7 Å². The van der Waals surface area contributed by atoms with Gasteiger partial charge in [0.2, 0.25) is 0 Å². The molecule has 5 nitrogen and oxygen atoms in total. The maximum absolute atomic E-state index is 11.8. The van der Waals surface area contributed by atoms with Crippen molar-refractivity contribution in [2.45, 2.75) is 6.92 Å². The molecule has 1 amide bonds. The topological polar surface area (TPSA) is 70.6 Å². The molecule has 0 heterocycles. The van der Waals surface area contributed by atoms with E-state index in [1.54, 1.807) is 32.2 Å². The van der Waals surface area contributed by atoms with Crippen LogP contribution in [0.3, 0.4) is 0 Å². The lowest BCUT2D eigenvalue weighted by molar-refractivity contribution is 0.0952. The highest BCUT2D eigenvalue weighted by Gasteiger charge is 2.10. The number of hydrogen-bond acceptors (Lipinski definition) is 4. The van der Waals surface area contributed by atoms with Crippen LogP contribution in [0.2, 0.25) is 0 Å². The Balaban J connectivity index is 2.35. The average molecular weight is 252 g/mol. The van der Waals surface area contributed by atoms with Gasteiger partial charge in [-0.3, -0.25) is 4.79 Å². The van der Waals surface area contributed by atoms with Gasteiger partial charge in [0.05, 0.1) is 6.61 Å². The van der Waals surface area contributed by atoms with Gasteiger partial charge in [-0.15, -0.1) is 0 Å². The summed E-state index contributed by atoms with van der Waals surface area (Å²) in [5.41, 5.74) is 1.11. The zero-order chi connectivity index (χ0) is 13.4. The number of carbonyl (C=O) groups is 1. The Labute approximate surface area is 107 Å². The fourth-order valence-corrected chi connectivity index (χ4v) is 1.53. The summed E-state index contributed by atoms with van der Waals surface area (Å²) in [5, 5.41) is 15.4. The van der Waals surface area contributed by atoms with Crippen LogP contribution in [-0.2, 0) is 4.74 Å². The Morgan fingerprint density at radius 3 is 2.83 bits per heavy atom. The molecule has 0 unspecified atom stereocenters. The maximum atomic E-state index is 11.8. The molecule has 1 aromatic carbocycles. The maximum Gasteiger partial charge on any atom is 0.251 e. The monoisotopic (exact) mass is 252 g/mol. The SMILES string of the molecule is COCCNCCNC(=O)c1cccc(O)c1C. The van der Waals surface area contributed by atoms with E-state index in [4.69, 9.17) is 4.74 Å². The molecular formula is C13H20N2O3. The fourth-order valence-electron chi connectivity index (χ4n) is 1.53. The molecule has 0 aromatic heterocycles. The zero-order valence-corrected chi connectivity index (χ0v) is 10.8. The van der Waals surface area contributed by atoms with Gasteiger partial charge in [0.1, 0.15) is 5.75 Å². The Morgan fingerprint density at radius 1 is 1.33 bits per heavy atom. The number of hydrogen-bond donors (Lipinski definition) is 3. The minimum absolute atomic E-state index is 0.140.